The lowest BCUT2D eigenvalue weighted by Crippen LogP contribution is -2.37. The van der Waals surface area contributed by atoms with Crippen LogP contribution in [-0.4, -0.2) is 6.04 Å². The van der Waals surface area contributed by atoms with Gasteiger partial charge in [-0.3, -0.25) is 0 Å². The van der Waals surface area contributed by atoms with Crippen molar-refractivity contribution in [3.05, 3.63) is 29.8 Å². The molecule has 1 aromatic carbocycles. The fourth-order valence-corrected chi connectivity index (χ4v) is 2.89. The van der Waals surface area contributed by atoms with Crippen LogP contribution in [0.1, 0.15) is 38.7 Å². The van der Waals surface area contributed by atoms with Gasteiger partial charge >= 0.3 is 0 Å². The Morgan fingerprint density at radius 2 is 1.81 bits per heavy atom. The molecule has 88 valence electrons. The zero-order valence-corrected chi connectivity index (χ0v) is 10.7. The van der Waals surface area contributed by atoms with Gasteiger partial charge in [0.25, 0.3) is 0 Å². The van der Waals surface area contributed by atoms with Crippen molar-refractivity contribution in [1.29, 1.82) is 0 Å². The number of benzene rings is 1. The molecule has 1 saturated carbocycles. The molecule has 0 spiro atoms. The maximum atomic E-state index is 3.72. The van der Waals surface area contributed by atoms with Gasteiger partial charge in [-0.2, -0.15) is 0 Å². The highest BCUT2D eigenvalue weighted by molar-refractivity contribution is 5.46. The molecule has 1 aliphatic carbocycles. The second kappa shape index (κ2) is 4.90. The fraction of sp³-hybridized carbons (Fsp3) is 0.600. The molecule has 1 aromatic rings. The highest BCUT2D eigenvalue weighted by Crippen LogP contribution is 2.31. The van der Waals surface area contributed by atoms with E-state index in [-0.39, 0.29) is 0 Å². The standard InChI is InChI=1S/C15H23N/c1-11-6-4-9-14(10-11)16-15-12(2)7-5-8-13(15)3/h4,6,9-10,12-13,15-16H,5,7-8H2,1-3H3. The molecular formula is C15H23N. The molecule has 2 rings (SSSR count). The van der Waals surface area contributed by atoms with E-state index in [1.54, 1.807) is 0 Å². The highest BCUT2D eigenvalue weighted by atomic mass is 14.9. The molecule has 0 bridgehead atoms. The minimum atomic E-state index is 0.649. The van der Waals surface area contributed by atoms with Gasteiger partial charge in [-0.25, -0.2) is 0 Å². The van der Waals surface area contributed by atoms with Gasteiger partial charge in [-0.05, 0) is 49.3 Å². The van der Waals surface area contributed by atoms with E-state index in [1.807, 2.05) is 0 Å². The molecule has 1 N–H and O–H groups in total. The molecule has 0 amide bonds. The first-order chi connectivity index (χ1) is 7.66. The van der Waals surface area contributed by atoms with Crippen molar-refractivity contribution in [2.24, 2.45) is 11.8 Å². The van der Waals surface area contributed by atoms with Crippen LogP contribution in [0.25, 0.3) is 0 Å². The predicted octanol–water partition coefficient (Wildman–Crippen LogP) is 4.23. The van der Waals surface area contributed by atoms with Crippen LogP contribution in [0.15, 0.2) is 24.3 Å². The summed E-state index contributed by atoms with van der Waals surface area (Å²) in [5, 5.41) is 3.72. The molecular weight excluding hydrogens is 194 g/mol. The van der Waals surface area contributed by atoms with Crippen LogP contribution >= 0.6 is 0 Å². The maximum Gasteiger partial charge on any atom is 0.0345 e. The number of aryl methyl sites for hydroxylation is 1. The second-order valence-corrected chi connectivity index (χ2v) is 5.43. The molecule has 2 unspecified atom stereocenters. The lowest BCUT2D eigenvalue weighted by molar-refractivity contribution is 0.268. The summed E-state index contributed by atoms with van der Waals surface area (Å²) in [5.41, 5.74) is 2.62. The number of nitrogens with one attached hydrogen (secondary N) is 1. The van der Waals surface area contributed by atoms with Gasteiger partial charge in [0.05, 0.1) is 0 Å². The van der Waals surface area contributed by atoms with Crippen LogP contribution in [-0.2, 0) is 0 Å². The van der Waals surface area contributed by atoms with E-state index < -0.39 is 0 Å². The molecule has 0 aliphatic heterocycles. The van der Waals surface area contributed by atoms with Crippen molar-refractivity contribution >= 4 is 5.69 Å². The normalized spacial score (nSPS) is 30.1. The molecule has 16 heavy (non-hydrogen) atoms. The van der Waals surface area contributed by atoms with Crippen molar-refractivity contribution < 1.29 is 0 Å². The van der Waals surface area contributed by atoms with Crippen LogP contribution in [0.5, 0.6) is 0 Å². The summed E-state index contributed by atoms with van der Waals surface area (Å²) in [6, 6.07) is 9.36. The van der Waals surface area contributed by atoms with Gasteiger partial charge in [0.1, 0.15) is 0 Å². The van der Waals surface area contributed by atoms with Gasteiger partial charge in [-0.1, -0.05) is 32.4 Å². The summed E-state index contributed by atoms with van der Waals surface area (Å²) < 4.78 is 0. The molecule has 0 aromatic heterocycles. The summed E-state index contributed by atoms with van der Waals surface area (Å²) >= 11 is 0. The smallest absolute Gasteiger partial charge is 0.0345 e. The van der Waals surface area contributed by atoms with Gasteiger partial charge in [0, 0.05) is 11.7 Å². The fourth-order valence-electron chi connectivity index (χ4n) is 2.89. The van der Waals surface area contributed by atoms with E-state index >= 15 is 0 Å². The SMILES string of the molecule is Cc1cccc(NC2C(C)CCCC2C)c1. The van der Waals surface area contributed by atoms with Crippen LogP contribution < -0.4 is 5.32 Å². The molecule has 0 heterocycles. The second-order valence-electron chi connectivity index (χ2n) is 5.43. The van der Waals surface area contributed by atoms with E-state index in [9.17, 15) is 0 Å². The molecule has 1 nitrogen and oxygen atoms in total. The highest BCUT2D eigenvalue weighted by Gasteiger charge is 2.27. The minimum absolute atomic E-state index is 0.649. The Morgan fingerprint density at radius 3 is 2.44 bits per heavy atom. The van der Waals surface area contributed by atoms with Crippen molar-refractivity contribution in [2.45, 2.75) is 46.1 Å². The van der Waals surface area contributed by atoms with Crippen molar-refractivity contribution in [1.82, 2.24) is 0 Å². The Hall–Kier alpha value is -0.980. The number of rotatable bonds is 2. The largest absolute Gasteiger partial charge is 0.382 e. The Balaban J connectivity index is 2.07. The molecule has 1 aliphatic rings. The Bertz CT molecular complexity index is 335. The maximum absolute atomic E-state index is 3.72. The summed E-state index contributed by atoms with van der Waals surface area (Å²) in [5.74, 6) is 1.59. The Morgan fingerprint density at radius 1 is 1.12 bits per heavy atom. The average molecular weight is 217 g/mol. The van der Waals surface area contributed by atoms with E-state index in [0.717, 1.165) is 11.8 Å². The zero-order valence-electron chi connectivity index (χ0n) is 10.7. The summed E-state index contributed by atoms with van der Waals surface area (Å²) in [6.45, 7) is 6.91. The zero-order chi connectivity index (χ0) is 11.5. The van der Waals surface area contributed by atoms with E-state index in [4.69, 9.17) is 0 Å². The molecule has 1 heteroatoms. The quantitative estimate of drug-likeness (QED) is 0.781. The summed E-state index contributed by atoms with van der Waals surface area (Å²) in [6.07, 6.45) is 4.13. The van der Waals surface area contributed by atoms with Gasteiger partial charge < -0.3 is 5.32 Å². The van der Waals surface area contributed by atoms with E-state index in [2.05, 4.69) is 50.4 Å². The molecule has 0 saturated heterocycles. The van der Waals surface area contributed by atoms with E-state index in [1.165, 1.54) is 30.5 Å². The van der Waals surface area contributed by atoms with Crippen LogP contribution in [0.2, 0.25) is 0 Å². The van der Waals surface area contributed by atoms with Gasteiger partial charge in [-0.15, -0.1) is 0 Å². The third-order valence-corrected chi connectivity index (χ3v) is 3.90. The predicted molar refractivity (Wildman–Crippen MR) is 70.8 cm³/mol. The first-order valence-corrected chi connectivity index (χ1v) is 6.50. The van der Waals surface area contributed by atoms with Gasteiger partial charge in [0.15, 0.2) is 0 Å². The first-order valence-electron chi connectivity index (χ1n) is 6.50. The molecule has 2 atom stereocenters. The molecule has 0 radical (unpaired) electrons. The van der Waals surface area contributed by atoms with Crippen molar-refractivity contribution in [2.75, 3.05) is 5.32 Å². The third-order valence-electron chi connectivity index (χ3n) is 3.90. The van der Waals surface area contributed by atoms with Crippen LogP contribution in [0, 0.1) is 18.8 Å². The number of hydrogen-bond acceptors (Lipinski definition) is 1. The summed E-state index contributed by atoms with van der Waals surface area (Å²) in [4.78, 5) is 0. The number of hydrogen-bond donors (Lipinski definition) is 1. The van der Waals surface area contributed by atoms with Crippen LogP contribution in [0.3, 0.4) is 0 Å². The van der Waals surface area contributed by atoms with Crippen LogP contribution in [0.4, 0.5) is 5.69 Å². The van der Waals surface area contributed by atoms with Crippen molar-refractivity contribution in [3.63, 3.8) is 0 Å². The van der Waals surface area contributed by atoms with E-state index in [0.29, 0.717) is 6.04 Å². The topological polar surface area (TPSA) is 12.0 Å². The lowest BCUT2D eigenvalue weighted by Gasteiger charge is -2.36. The molecule has 1 fully saturated rings. The van der Waals surface area contributed by atoms with Gasteiger partial charge in [0.2, 0.25) is 0 Å². The Kier molecular flexibility index (Phi) is 3.52. The average Bonchev–Trinajstić information content (AvgIpc) is 2.24. The van der Waals surface area contributed by atoms with Crippen molar-refractivity contribution in [3.8, 4) is 0 Å². The first kappa shape index (κ1) is 11.5. The Labute approximate surface area is 99.3 Å². The minimum Gasteiger partial charge on any atom is -0.382 e. The monoisotopic (exact) mass is 217 g/mol. The summed E-state index contributed by atoms with van der Waals surface area (Å²) in [7, 11) is 0. The number of anilines is 1. The third kappa shape index (κ3) is 2.58. The lowest BCUT2D eigenvalue weighted by atomic mass is 9.78.